The molecule has 2 heterocycles. The summed E-state index contributed by atoms with van der Waals surface area (Å²) in [7, 11) is 0. The molecule has 6 heteroatoms. The Kier molecular flexibility index (Phi) is 4.86. The van der Waals surface area contributed by atoms with Gasteiger partial charge in [0.1, 0.15) is 6.04 Å². The number of hydrogen-bond donors (Lipinski definition) is 1. The monoisotopic (exact) mass is 376 g/mol. The Labute approximate surface area is 164 Å². The second-order valence-corrected chi connectivity index (χ2v) is 7.37. The molecule has 28 heavy (non-hydrogen) atoms. The predicted octanol–water partition coefficient (Wildman–Crippen LogP) is 5.03. The largest absolute Gasteiger partial charge is 0.337 e. The van der Waals surface area contributed by atoms with E-state index in [-0.39, 0.29) is 12.1 Å². The Bertz CT molecular complexity index is 991. The zero-order valence-corrected chi connectivity index (χ0v) is 16.4. The third kappa shape index (κ3) is 3.50. The lowest BCUT2D eigenvalue weighted by Gasteiger charge is -2.23. The van der Waals surface area contributed by atoms with Gasteiger partial charge < -0.3 is 14.7 Å². The average molecular weight is 376 g/mol. The highest BCUT2D eigenvalue weighted by Gasteiger charge is 2.34. The Hall–Kier alpha value is -3.15. The number of aromatic nitrogens is 2. The normalized spacial score (nSPS) is 16.4. The van der Waals surface area contributed by atoms with Crippen molar-refractivity contribution in [3.8, 4) is 11.4 Å². The van der Waals surface area contributed by atoms with Crippen LogP contribution in [-0.4, -0.2) is 27.6 Å². The van der Waals surface area contributed by atoms with Gasteiger partial charge in [-0.05, 0) is 50.8 Å². The van der Waals surface area contributed by atoms with Crippen molar-refractivity contribution in [3.05, 3.63) is 65.0 Å². The molecule has 144 valence electrons. The zero-order chi connectivity index (χ0) is 19.7. The molecule has 0 radical (unpaired) electrons. The first-order valence-corrected chi connectivity index (χ1v) is 9.57. The number of nitrogens with zero attached hydrogens (tertiary/aromatic N) is 3. The highest BCUT2D eigenvalue weighted by molar-refractivity contribution is 5.91. The van der Waals surface area contributed by atoms with Crippen molar-refractivity contribution >= 4 is 11.7 Å². The van der Waals surface area contributed by atoms with Gasteiger partial charge in [0.15, 0.2) is 0 Å². The molecule has 0 saturated carbocycles. The molecule has 1 N–H and O–H groups in total. The van der Waals surface area contributed by atoms with E-state index in [1.54, 1.807) is 4.90 Å². The smallest absolute Gasteiger partial charge is 0.322 e. The van der Waals surface area contributed by atoms with E-state index in [1.807, 2.05) is 63.2 Å². The summed E-state index contributed by atoms with van der Waals surface area (Å²) in [5.41, 5.74) is 5.01. The minimum absolute atomic E-state index is 0.129. The number of aryl methyl sites for hydroxylation is 3. The molecule has 4 rings (SSSR count). The summed E-state index contributed by atoms with van der Waals surface area (Å²) in [6.45, 7) is 6.69. The van der Waals surface area contributed by atoms with Crippen molar-refractivity contribution in [2.75, 3.05) is 11.9 Å². The summed E-state index contributed by atoms with van der Waals surface area (Å²) < 4.78 is 5.54. The van der Waals surface area contributed by atoms with Gasteiger partial charge in [0.05, 0.1) is 0 Å². The van der Waals surface area contributed by atoms with Gasteiger partial charge in [0, 0.05) is 17.8 Å². The standard InChI is InChI=1S/C22H24N4O2/c1-14-7-4-10-17(13-14)20-24-21(28-25-20)18-11-6-12-26(18)22(27)23-19-15(2)8-5-9-16(19)3/h4-5,7-10,13,18H,6,11-12H2,1-3H3,(H,23,27)/t18-/m1/s1. The molecule has 1 aromatic heterocycles. The van der Waals surface area contributed by atoms with Crippen LogP contribution < -0.4 is 5.32 Å². The van der Waals surface area contributed by atoms with Crippen LogP contribution in [0.25, 0.3) is 11.4 Å². The number of hydrogen-bond acceptors (Lipinski definition) is 4. The number of likely N-dealkylation sites (tertiary alicyclic amines) is 1. The van der Waals surface area contributed by atoms with E-state index in [0.717, 1.165) is 40.8 Å². The number of anilines is 1. The minimum Gasteiger partial charge on any atom is -0.337 e. The summed E-state index contributed by atoms with van der Waals surface area (Å²) in [5.74, 6) is 1.05. The van der Waals surface area contributed by atoms with Crippen LogP contribution in [0.3, 0.4) is 0 Å². The topological polar surface area (TPSA) is 71.3 Å². The second-order valence-electron chi connectivity index (χ2n) is 7.37. The Morgan fingerprint density at radius 1 is 1.14 bits per heavy atom. The minimum atomic E-state index is -0.199. The van der Waals surface area contributed by atoms with Crippen LogP contribution in [0, 0.1) is 20.8 Å². The third-order valence-electron chi connectivity index (χ3n) is 5.23. The van der Waals surface area contributed by atoms with Gasteiger partial charge >= 0.3 is 6.03 Å². The van der Waals surface area contributed by atoms with Crippen LogP contribution in [0.4, 0.5) is 10.5 Å². The average Bonchev–Trinajstić information content (AvgIpc) is 3.33. The van der Waals surface area contributed by atoms with Crippen molar-refractivity contribution in [2.45, 2.75) is 39.7 Å². The molecule has 0 aliphatic carbocycles. The van der Waals surface area contributed by atoms with Gasteiger partial charge in [-0.1, -0.05) is 47.1 Å². The second kappa shape index (κ2) is 7.46. The molecule has 1 atom stereocenters. The number of urea groups is 1. The lowest BCUT2D eigenvalue weighted by atomic mass is 10.1. The third-order valence-corrected chi connectivity index (χ3v) is 5.23. The first-order chi connectivity index (χ1) is 13.5. The molecule has 1 fully saturated rings. The number of para-hydroxylation sites is 1. The van der Waals surface area contributed by atoms with E-state index >= 15 is 0 Å². The molecule has 2 amide bonds. The number of carbonyl (C=O) groups excluding carboxylic acids is 1. The van der Waals surface area contributed by atoms with Gasteiger partial charge in [0.25, 0.3) is 0 Å². The molecule has 2 aromatic carbocycles. The van der Waals surface area contributed by atoms with E-state index in [0.29, 0.717) is 18.3 Å². The SMILES string of the molecule is Cc1cccc(-c2noc([C@H]3CCCN3C(=O)Nc3c(C)cccc3C)n2)c1. The molecular weight excluding hydrogens is 352 g/mol. The Morgan fingerprint density at radius 2 is 1.89 bits per heavy atom. The number of rotatable bonds is 3. The summed E-state index contributed by atoms with van der Waals surface area (Å²) >= 11 is 0. The highest BCUT2D eigenvalue weighted by atomic mass is 16.5. The lowest BCUT2D eigenvalue weighted by molar-refractivity contribution is 0.193. The fourth-order valence-electron chi connectivity index (χ4n) is 3.73. The molecule has 3 aromatic rings. The van der Waals surface area contributed by atoms with Gasteiger partial charge in [-0.25, -0.2) is 4.79 Å². The van der Waals surface area contributed by atoms with E-state index in [4.69, 9.17) is 4.52 Å². The molecule has 0 unspecified atom stereocenters. The maximum Gasteiger partial charge on any atom is 0.322 e. The van der Waals surface area contributed by atoms with Crippen LogP contribution in [0.15, 0.2) is 47.0 Å². The van der Waals surface area contributed by atoms with E-state index in [1.165, 1.54) is 0 Å². The van der Waals surface area contributed by atoms with E-state index in [2.05, 4.69) is 15.5 Å². The van der Waals surface area contributed by atoms with Crippen LogP contribution in [0.2, 0.25) is 0 Å². The number of carbonyl (C=O) groups is 1. The van der Waals surface area contributed by atoms with Gasteiger partial charge in [-0.3, -0.25) is 0 Å². The molecule has 6 nitrogen and oxygen atoms in total. The molecule has 0 bridgehead atoms. The first kappa shape index (κ1) is 18.2. The zero-order valence-electron chi connectivity index (χ0n) is 16.4. The van der Waals surface area contributed by atoms with E-state index in [9.17, 15) is 4.79 Å². The lowest BCUT2D eigenvalue weighted by Crippen LogP contribution is -2.35. The van der Waals surface area contributed by atoms with Crippen molar-refractivity contribution < 1.29 is 9.32 Å². The van der Waals surface area contributed by atoms with Crippen LogP contribution in [0.1, 0.15) is 41.5 Å². The van der Waals surface area contributed by atoms with Crippen LogP contribution >= 0.6 is 0 Å². The number of nitrogens with one attached hydrogen (secondary N) is 1. The highest BCUT2D eigenvalue weighted by Crippen LogP contribution is 2.33. The maximum absolute atomic E-state index is 12.9. The Balaban J connectivity index is 1.55. The molecule has 1 aliphatic rings. The summed E-state index contributed by atoms with van der Waals surface area (Å²) in [6, 6.07) is 13.6. The fraction of sp³-hybridized carbons (Fsp3) is 0.318. The van der Waals surface area contributed by atoms with Crippen molar-refractivity contribution in [2.24, 2.45) is 0 Å². The Morgan fingerprint density at radius 3 is 2.64 bits per heavy atom. The molecule has 1 aliphatic heterocycles. The summed E-state index contributed by atoms with van der Waals surface area (Å²) in [4.78, 5) is 19.3. The fourth-order valence-corrected chi connectivity index (χ4v) is 3.73. The number of amides is 2. The van der Waals surface area contributed by atoms with Crippen LogP contribution in [-0.2, 0) is 0 Å². The van der Waals surface area contributed by atoms with E-state index < -0.39 is 0 Å². The van der Waals surface area contributed by atoms with Gasteiger partial charge in [-0.2, -0.15) is 4.98 Å². The van der Waals surface area contributed by atoms with Crippen molar-refractivity contribution in [1.82, 2.24) is 15.0 Å². The maximum atomic E-state index is 12.9. The summed E-state index contributed by atoms with van der Waals surface area (Å²) in [5, 5.41) is 7.20. The molecule has 1 saturated heterocycles. The molecule has 0 spiro atoms. The van der Waals surface area contributed by atoms with Crippen molar-refractivity contribution in [1.29, 1.82) is 0 Å². The summed E-state index contributed by atoms with van der Waals surface area (Å²) in [6.07, 6.45) is 1.72. The predicted molar refractivity (Wildman–Crippen MR) is 108 cm³/mol. The van der Waals surface area contributed by atoms with Gasteiger partial charge in [-0.15, -0.1) is 0 Å². The first-order valence-electron chi connectivity index (χ1n) is 9.57. The van der Waals surface area contributed by atoms with Crippen molar-refractivity contribution in [3.63, 3.8) is 0 Å². The quantitative estimate of drug-likeness (QED) is 0.696. The number of benzene rings is 2. The molecular formula is C22H24N4O2. The van der Waals surface area contributed by atoms with Gasteiger partial charge in [0.2, 0.25) is 11.7 Å². The van der Waals surface area contributed by atoms with Crippen LogP contribution in [0.5, 0.6) is 0 Å².